The van der Waals surface area contributed by atoms with Crippen LogP contribution in [0.5, 0.6) is 11.5 Å². The van der Waals surface area contributed by atoms with Crippen LogP contribution < -0.4 is 14.4 Å². The second-order valence-electron chi connectivity index (χ2n) is 6.14. The molecular weight excluding hydrogens is 318 g/mol. The van der Waals surface area contributed by atoms with E-state index in [-0.39, 0.29) is 0 Å². The van der Waals surface area contributed by atoms with Crippen LogP contribution in [0.1, 0.15) is 30.5 Å². The molecule has 0 spiro atoms. The van der Waals surface area contributed by atoms with Gasteiger partial charge in [0.2, 0.25) is 0 Å². The highest BCUT2D eigenvalue weighted by molar-refractivity contribution is 5.45. The summed E-state index contributed by atoms with van der Waals surface area (Å²) in [5.41, 5.74) is 2.19. The normalized spacial score (nSPS) is 16.7. The summed E-state index contributed by atoms with van der Waals surface area (Å²) in [5, 5.41) is 0. The molecule has 3 rings (SSSR count). The molecule has 0 N–H and O–H groups in total. The van der Waals surface area contributed by atoms with E-state index in [1.54, 1.807) is 13.4 Å². The molecule has 0 bridgehead atoms. The highest BCUT2D eigenvalue weighted by atomic mass is 16.5. The lowest BCUT2D eigenvalue weighted by Crippen LogP contribution is -2.18. The zero-order valence-corrected chi connectivity index (χ0v) is 15.1. The first-order valence-corrected chi connectivity index (χ1v) is 8.61. The Morgan fingerprint density at radius 3 is 2.84 bits per heavy atom. The van der Waals surface area contributed by atoms with Gasteiger partial charge in [-0.1, -0.05) is 6.07 Å². The standard InChI is InChI=1S/C19H25N3O3/c1-4-25-18-9-14(5-6-17(18)23-3)11-22(2)19-10-16(20-13-21-19)15-7-8-24-12-15/h5-6,9-10,13,15H,4,7-8,11-12H2,1-3H3. The molecular formula is C19H25N3O3. The number of aromatic nitrogens is 2. The molecule has 0 aliphatic carbocycles. The molecule has 25 heavy (non-hydrogen) atoms. The number of hydrogen-bond acceptors (Lipinski definition) is 6. The third-order valence-corrected chi connectivity index (χ3v) is 4.36. The van der Waals surface area contributed by atoms with Crippen molar-refractivity contribution in [2.45, 2.75) is 25.8 Å². The maximum atomic E-state index is 5.66. The number of anilines is 1. The number of ether oxygens (including phenoxy) is 3. The third kappa shape index (κ3) is 4.20. The summed E-state index contributed by atoms with van der Waals surface area (Å²) in [6.07, 6.45) is 2.66. The van der Waals surface area contributed by atoms with Crippen molar-refractivity contribution in [3.63, 3.8) is 0 Å². The van der Waals surface area contributed by atoms with E-state index in [0.29, 0.717) is 12.5 Å². The van der Waals surface area contributed by atoms with Crippen LogP contribution in [0, 0.1) is 0 Å². The second kappa shape index (κ2) is 8.16. The smallest absolute Gasteiger partial charge is 0.161 e. The largest absolute Gasteiger partial charge is 0.493 e. The van der Waals surface area contributed by atoms with Crippen molar-refractivity contribution in [3.05, 3.63) is 41.9 Å². The van der Waals surface area contributed by atoms with Crippen LogP contribution in [-0.2, 0) is 11.3 Å². The van der Waals surface area contributed by atoms with Crippen LogP contribution in [0.15, 0.2) is 30.6 Å². The number of benzene rings is 1. The lowest BCUT2D eigenvalue weighted by molar-refractivity contribution is 0.193. The van der Waals surface area contributed by atoms with E-state index in [9.17, 15) is 0 Å². The number of nitrogens with zero attached hydrogens (tertiary/aromatic N) is 3. The third-order valence-electron chi connectivity index (χ3n) is 4.36. The molecule has 2 aromatic rings. The number of methoxy groups -OCH3 is 1. The number of rotatable bonds is 7. The van der Waals surface area contributed by atoms with Gasteiger partial charge in [-0.15, -0.1) is 0 Å². The van der Waals surface area contributed by atoms with Gasteiger partial charge in [0, 0.05) is 32.2 Å². The molecule has 1 fully saturated rings. The molecule has 1 aromatic carbocycles. The van der Waals surface area contributed by atoms with Crippen molar-refractivity contribution in [1.82, 2.24) is 9.97 Å². The zero-order chi connectivity index (χ0) is 17.6. The summed E-state index contributed by atoms with van der Waals surface area (Å²) in [6.45, 7) is 4.85. The summed E-state index contributed by atoms with van der Waals surface area (Å²) >= 11 is 0. The molecule has 1 aliphatic heterocycles. The molecule has 6 heteroatoms. The van der Waals surface area contributed by atoms with E-state index >= 15 is 0 Å². The average molecular weight is 343 g/mol. The molecule has 134 valence electrons. The van der Waals surface area contributed by atoms with Gasteiger partial charge in [-0.3, -0.25) is 0 Å². The Labute approximate surface area is 148 Å². The van der Waals surface area contributed by atoms with Gasteiger partial charge in [0.1, 0.15) is 12.1 Å². The van der Waals surface area contributed by atoms with Crippen molar-refractivity contribution >= 4 is 5.82 Å². The van der Waals surface area contributed by atoms with E-state index in [4.69, 9.17) is 14.2 Å². The molecule has 1 aromatic heterocycles. The van der Waals surface area contributed by atoms with E-state index < -0.39 is 0 Å². The van der Waals surface area contributed by atoms with Gasteiger partial charge in [-0.2, -0.15) is 0 Å². The summed E-state index contributed by atoms with van der Waals surface area (Å²) in [7, 11) is 3.68. The fraction of sp³-hybridized carbons (Fsp3) is 0.474. The highest BCUT2D eigenvalue weighted by Gasteiger charge is 2.20. The Balaban J connectivity index is 1.74. The van der Waals surface area contributed by atoms with Crippen LogP contribution in [0.4, 0.5) is 5.82 Å². The lowest BCUT2D eigenvalue weighted by atomic mass is 10.0. The van der Waals surface area contributed by atoms with E-state index in [1.807, 2.05) is 32.2 Å². The fourth-order valence-electron chi connectivity index (χ4n) is 3.00. The van der Waals surface area contributed by atoms with Crippen molar-refractivity contribution in [3.8, 4) is 11.5 Å². The highest BCUT2D eigenvalue weighted by Crippen LogP contribution is 2.29. The average Bonchev–Trinajstić information content (AvgIpc) is 3.17. The Bertz CT molecular complexity index is 702. The summed E-state index contributed by atoms with van der Waals surface area (Å²) in [6, 6.07) is 8.07. The van der Waals surface area contributed by atoms with Crippen molar-refractivity contribution in [2.24, 2.45) is 0 Å². The monoisotopic (exact) mass is 343 g/mol. The van der Waals surface area contributed by atoms with Gasteiger partial charge >= 0.3 is 0 Å². The van der Waals surface area contributed by atoms with E-state index in [2.05, 4.69) is 20.9 Å². The second-order valence-corrected chi connectivity index (χ2v) is 6.14. The Hall–Kier alpha value is -2.34. The molecule has 1 atom stereocenters. The SMILES string of the molecule is CCOc1cc(CN(C)c2cc(C3CCOC3)ncn2)ccc1OC. The topological polar surface area (TPSA) is 56.7 Å². The van der Waals surface area contributed by atoms with Crippen molar-refractivity contribution < 1.29 is 14.2 Å². The van der Waals surface area contributed by atoms with Gasteiger partial charge in [-0.05, 0) is 31.0 Å². The van der Waals surface area contributed by atoms with Crippen LogP contribution in [0.2, 0.25) is 0 Å². The molecule has 0 saturated carbocycles. The fourth-order valence-corrected chi connectivity index (χ4v) is 3.00. The van der Waals surface area contributed by atoms with E-state index in [0.717, 1.165) is 54.8 Å². The molecule has 2 heterocycles. The van der Waals surface area contributed by atoms with Crippen LogP contribution in [0.25, 0.3) is 0 Å². The first-order valence-electron chi connectivity index (χ1n) is 8.61. The summed E-state index contributed by atoms with van der Waals surface area (Å²) in [5.74, 6) is 2.80. The lowest BCUT2D eigenvalue weighted by Gasteiger charge is -2.20. The molecule has 1 unspecified atom stereocenters. The minimum atomic E-state index is 0.376. The van der Waals surface area contributed by atoms with E-state index in [1.165, 1.54) is 0 Å². The van der Waals surface area contributed by atoms with Gasteiger partial charge in [0.25, 0.3) is 0 Å². The van der Waals surface area contributed by atoms with Crippen LogP contribution >= 0.6 is 0 Å². The van der Waals surface area contributed by atoms with Crippen molar-refractivity contribution in [1.29, 1.82) is 0 Å². The molecule has 1 aliphatic rings. The van der Waals surface area contributed by atoms with Crippen LogP contribution in [0.3, 0.4) is 0 Å². The molecule has 6 nitrogen and oxygen atoms in total. The quantitative estimate of drug-likeness (QED) is 0.770. The molecule has 1 saturated heterocycles. The maximum absolute atomic E-state index is 5.66. The van der Waals surface area contributed by atoms with Crippen LogP contribution in [-0.4, -0.2) is 43.9 Å². The Morgan fingerprint density at radius 2 is 2.12 bits per heavy atom. The predicted molar refractivity (Wildman–Crippen MR) is 96.5 cm³/mol. The van der Waals surface area contributed by atoms with Gasteiger partial charge in [-0.25, -0.2) is 9.97 Å². The Morgan fingerprint density at radius 1 is 1.24 bits per heavy atom. The van der Waals surface area contributed by atoms with Gasteiger partial charge in [0.05, 0.1) is 26.0 Å². The Kier molecular flexibility index (Phi) is 5.71. The van der Waals surface area contributed by atoms with Gasteiger partial charge < -0.3 is 19.1 Å². The number of hydrogen-bond donors (Lipinski definition) is 0. The molecule has 0 amide bonds. The molecule has 0 radical (unpaired) electrons. The summed E-state index contributed by atoms with van der Waals surface area (Å²) < 4.78 is 16.5. The zero-order valence-electron chi connectivity index (χ0n) is 15.1. The minimum absolute atomic E-state index is 0.376. The maximum Gasteiger partial charge on any atom is 0.161 e. The summed E-state index contributed by atoms with van der Waals surface area (Å²) in [4.78, 5) is 10.9. The first kappa shape index (κ1) is 17.5. The minimum Gasteiger partial charge on any atom is -0.493 e. The van der Waals surface area contributed by atoms with Crippen molar-refractivity contribution in [2.75, 3.05) is 38.9 Å². The van der Waals surface area contributed by atoms with Gasteiger partial charge in [0.15, 0.2) is 11.5 Å². The first-order chi connectivity index (χ1) is 12.2. The predicted octanol–water partition coefficient (Wildman–Crippen LogP) is 3.02.